The van der Waals surface area contributed by atoms with Gasteiger partial charge in [0.25, 0.3) is 0 Å². The molecular weight excluding hydrogens is 174 g/mol. The maximum Gasteiger partial charge on any atom is 0.0697 e. The van der Waals surface area contributed by atoms with Crippen molar-refractivity contribution < 1.29 is 0 Å². The Labute approximate surface area is 84.4 Å². The molecule has 0 aromatic carbocycles. The molecule has 0 amide bonds. The molecule has 0 bridgehead atoms. The van der Waals surface area contributed by atoms with Crippen LogP contribution in [0.5, 0.6) is 0 Å². The van der Waals surface area contributed by atoms with Crippen LogP contribution in [0.3, 0.4) is 0 Å². The smallest absolute Gasteiger partial charge is 0.0697 e. The van der Waals surface area contributed by atoms with Crippen molar-refractivity contribution in [3.05, 3.63) is 42.8 Å². The van der Waals surface area contributed by atoms with Gasteiger partial charge in [-0.3, -0.25) is 0 Å². The van der Waals surface area contributed by atoms with E-state index in [1.807, 2.05) is 44.3 Å². The van der Waals surface area contributed by atoms with Gasteiger partial charge in [0.1, 0.15) is 0 Å². The van der Waals surface area contributed by atoms with E-state index in [4.69, 9.17) is 0 Å². The topological polar surface area (TPSA) is 30.7 Å². The first kappa shape index (κ1) is 10.4. The highest BCUT2D eigenvalue weighted by atomic mass is 15.4. The standard InChI is InChI=1S/C9H9N3.C2H6/c1-2-4-6-9(5-3-1)12-8-7-10-11-12;1-2/h1-5,7-8H,6H2;1-2H3. The summed E-state index contributed by atoms with van der Waals surface area (Å²) in [6, 6.07) is 0. The Kier molecular flexibility index (Phi) is 4.41. The molecule has 2 rings (SSSR count). The highest BCUT2D eigenvalue weighted by molar-refractivity contribution is 5.50. The Morgan fingerprint density at radius 1 is 1.21 bits per heavy atom. The van der Waals surface area contributed by atoms with Crippen molar-refractivity contribution in [3.63, 3.8) is 0 Å². The number of hydrogen-bond donors (Lipinski definition) is 0. The first-order valence-corrected chi connectivity index (χ1v) is 4.86. The molecule has 0 spiro atoms. The van der Waals surface area contributed by atoms with E-state index in [0.717, 1.165) is 12.1 Å². The number of nitrogens with zero attached hydrogens (tertiary/aromatic N) is 3. The number of rotatable bonds is 1. The third-order valence-corrected chi connectivity index (χ3v) is 1.69. The Bertz CT molecular complexity index is 331. The lowest BCUT2D eigenvalue weighted by atomic mass is 10.3. The minimum absolute atomic E-state index is 0.899. The summed E-state index contributed by atoms with van der Waals surface area (Å²) in [5, 5.41) is 7.66. The van der Waals surface area contributed by atoms with Crippen LogP contribution in [0.2, 0.25) is 0 Å². The van der Waals surface area contributed by atoms with Gasteiger partial charge >= 0.3 is 0 Å². The fourth-order valence-electron chi connectivity index (χ4n) is 1.10. The van der Waals surface area contributed by atoms with Gasteiger partial charge in [-0.2, -0.15) is 0 Å². The predicted octanol–water partition coefficient (Wildman–Crippen LogP) is 2.66. The van der Waals surface area contributed by atoms with Gasteiger partial charge < -0.3 is 0 Å². The molecule has 74 valence electrons. The molecular formula is C11H15N3. The van der Waals surface area contributed by atoms with Gasteiger partial charge in [-0.25, -0.2) is 4.68 Å². The fraction of sp³-hybridized carbons (Fsp3) is 0.273. The van der Waals surface area contributed by atoms with Crippen LogP contribution in [0.1, 0.15) is 20.3 Å². The lowest BCUT2D eigenvalue weighted by molar-refractivity contribution is 0.804. The average Bonchev–Trinajstić information content (AvgIpc) is 2.64. The maximum absolute atomic E-state index is 3.91. The second-order valence-electron chi connectivity index (χ2n) is 2.52. The molecule has 1 aliphatic rings. The van der Waals surface area contributed by atoms with Crippen molar-refractivity contribution in [2.24, 2.45) is 0 Å². The Morgan fingerprint density at radius 3 is 2.79 bits per heavy atom. The van der Waals surface area contributed by atoms with Crippen molar-refractivity contribution in [2.45, 2.75) is 20.3 Å². The van der Waals surface area contributed by atoms with E-state index < -0.39 is 0 Å². The summed E-state index contributed by atoms with van der Waals surface area (Å²) >= 11 is 0. The zero-order chi connectivity index (χ0) is 10.2. The number of aromatic nitrogens is 3. The summed E-state index contributed by atoms with van der Waals surface area (Å²) in [7, 11) is 0. The molecule has 0 aliphatic heterocycles. The third kappa shape index (κ3) is 2.69. The van der Waals surface area contributed by atoms with Gasteiger partial charge in [0.05, 0.1) is 12.4 Å². The monoisotopic (exact) mass is 189 g/mol. The van der Waals surface area contributed by atoms with Crippen LogP contribution in [-0.4, -0.2) is 15.0 Å². The summed E-state index contributed by atoms with van der Waals surface area (Å²) in [6.45, 7) is 4.00. The highest BCUT2D eigenvalue weighted by Crippen LogP contribution is 2.10. The highest BCUT2D eigenvalue weighted by Gasteiger charge is 1.98. The second kappa shape index (κ2) is 5.91. The van der Waals surface area contributed by atoms with Crippen molar-refractivity contribution >= 4 is 5.70 Å². The van der Waals surface area contributed by atoms with Gasteiger partial charge in [-0.05, 0) is 6.08 Å². The van der Waals surface area contributed by atoms with E-state index in [0.29, 0.717) is 0 Å². The molecule has 0 saturated heterocycles. The van der Waals surface area contributed by atoms with Gasteiger partial charge in [0, 0.05) is 12.1 Å². The van der Waals surface area contributed by atoms with Crippen LogP contribution in [-0.2, 0) is 0 Å². The van der Waals surface area contributed by atoms with E-state index in [9.17, 15) is 0 Å². The zero-order valence-corrected chi connectivity index (χ0v) is 8.59. The molecule has 14 heavy (non-hydrogen) atoms. The molecule has 1 heterocycles. The molecule has 0 atom stereocenters. The molecule has 3 heteroatoms. The van der Waals surface area contributed by atoms with Crippen LogP contribution in [0.25, 0.3) is 5.70 Å². The number of allylic oxidation sites excluding steroid dienone is 6. The second-order valence-corrected chi connectivity index (χ2v) is 2.52. The van der Waals surface area contributed by atoms with Gasteiger partial charge in [0.15, 0.2) is 0 Å². The van der Waals surface area contributed by atoms with Crippen LogP contribution in [0.15, 0.2) is 42.8 Å². The lowest BCUT2D eigenvalue weighted by Gasteiger charge is -2.00. The molecule has 1 aromatic heterocycles. The van der Waals surface area contributed by atoms with E-state index in [-0.39, 0.29) is 0 Å². The van der Waals surface area contributed by atoms with Gasteiger partial charge in [-0.1, -0.05) is 43.4 Å². The summed E-state index contributed by atoms with van der Waals surface area (Å²) in [6.07, 6.45) is 14.6. The van der Waals surface area contributed by atoms with Gasteiger partial charge in [-0.15, -0.1) is 5.10 Å². The van der Waals surface area contributed by atoms with Crippen molar-refractivity contribution in [3.8, 4) is 0 Å². The van der Waals surface area contributed by atoms with Crippen LogP contribution < -0.4 is 0 Å². The van der Waals surface area contributed by atoms with Crippen LogP contribution in [0, 0.1) is 0 Å². The molecule has 0 unspecified atom stereocenters. The van der Waals surface area contributed by atoms with E-state index >= 15 is 0 Å². The molecule has 0 radical (unpaired) electrons. The summed E-state index contributed by atoms with van der Waals surface area (Å²) < 4.78 is 1.78. The molecule has 1 aromatic rings. The minimum Gasteiger partial charge on any atom is -0.225 e. The van der Waals surface area contributed by atoms with Gasteiger partial charge in [0.2, 0.25) is 0 Å². The molecule has 3 nitrogen and oxygen atoms in total. The first-order chi connectivity index (χ1) is 6.97. The zero-order valence-electron chi connectivity index (χ0n) is 8.59. The summed E-state index contributed by atoms with van der Waals surface area (Å²) in [4.78, 5) is 0. The van der Waals surface area contributed by atoms with E-state index in [2.05, 4.69) is 16.4 Å². The van der Waals surface area contributed by atoms with E-state index in [1.165, 1.54) is 0 Å². The Balaban J connectivity index is 0.000000461. The quantitative estimate of drug-likeness (QED) is 0.680. The van der Waals surface area contributed by atoms with Crippen molar-refractivity contribution in [1.29, 1.82) is 0 Å². The Morgan fingerprint density at radius 2 is 2.07 bits per heavy atom. The average molecular weight is 189 g/mol. The molecule has 1 aliphatic carbocycles. The molecule has 0 fully saturated rings. The molecule has 0 N–H and O–H groups in total. The fourth-order valence-corrected chi connectivity index (χ4v) is 1.10. The largest absolute Gasteiger partial charge is 0.225 e. The maximum atomic E-state index is 3.91. The molecule has 0 saturated carbocycles. The number of hydrogen-bond acceptors (Lipinski definition) is 2. The summed E-state index contributed by atoms with van der Waals surface area (Å²) in [5.41, 5.74) is 1.14. The SMILES string of the molecule is C1=CC=C(n2ccnn2)CC=C1.CC. The van der Waals surface area contributed by atoms with Crippen molar-refractivity contribution in [2.75, 3.05) is 0 Å². The van der Waals surface area contributed by atoms with Crippen LogP contribution in [0.4, 0.5) is 0 Å². The normalized spacial score (nSPS) is 14.0. The predicted molar refractivity (Wildman–Crippen MR) is 58.5 cm³/mol. The van der Waals surface area contributed by atoms with Crippen molar-refractivity contribution in [1.82, 2.24) is 15.0 Å². The van der Waals surface area contributed by atoms with E-state index in [1.54, 1.807) is 10.9 Å². The van der Waals surface area contributed by atoms with Crippen LogP contribution >= 0.6 is 0 Å². The third-order valence-electron chi connectivity index (χ3n) is 1.69. The minimum atomic E-state index is 0.899. The lowest BCUT2D eigenvalue weighted by Crippen LogP contribution is -1.96. The first-order valence-electron chi connectivity index (χ1n) is 4.86. The summed E-state index contributed by atoms with van der Waals surface area (Å²) in [5.74, 6) is 0. The Hall–Kier alpha value is -1.64.